The van der Waals surface area contributed by atoms with Crippen LogP contribution in [0.4, 0.5) is 8.78 Å². The molecule has 218 valence electrons. The van der Waals surface area contributed by atoms with Gasteiger partial charge < -0.3 is 9.47 Å². The van der Waals surface area contributed by atoms with Crippen LogP contribution in [0, 0.1) is 47.1 Å². The van der Waals surface area contributed by atoms with E-state index in [-0.39, 0.29) is 11.7 Å². The minimum Gasteiger partial charge on any atom is -0.490 e. The number of hydrogen-bond donors (Lipinski definition) is 0. The third-order valence-corrected chi connectivity index (χ3v) is 11.1. The minimum atomic E-state index is -0.809. The van der Waals surface area contributed by atoms with Crippen LogP contribution >= 0.6 is 0 Å². The van der Waals surface area contributed by atoms with Gasteiger partial charge in [0.05, 0.1) is 19.3 Å². The lowest BCUT2D eigenvalue weighted by Gasteiger charge is -2.43. The summed E-state index contributed by atoms with van der Waals surface area (Å²) in [5.74, 6) is 3.46. The van der Waals surface area contributed by atoms with Crippen LogP contribution in [0.25, 0.3) is 0 Å². The van der Waals surface area contributed by atoms with Gasteiger partial charge in [0, 0.05) is 0 Å². The molecule has 2 atom stereocenters. The third-order valence-electron chi connectivity index (χ3n) is 11.1. The van der Waals surface area contributed by atoms with Crippen LogP contribution in [-0.4, -0.2) is 19.3 Å². The van der Waals surface area contributed by atoms with Crippen molar-refractivity contribution < 1.29 is 18.3 Å². The van der Waals surface area contributed by atoms with Gasteiger partial charge in [0.25, 0.3) is 0 Å². The first-order chi connectivity index (χ1) is 19.1. The first-order valence-corrected chi connectivity index (χ1v) is 16.4. The summed E-state index contributed by atoms with van der Waals surface area (Å²) < 4.78 is 41.3. The van der Waals surface area contributed by atoms with Crippen LogP contribution in [0.1, 0.15) is 122 Å². The zero-order chi connectivity index (χ0) is 27.2. The topological polar surface area (TPSA) is 18.5 Å². The van der Waals surface area contributed by atoms with Gasteiger partial charge in [-0.3, -0.25) is 0 Å². The standard InChI is InChI=1S/C35H52F2O2/c1-3-5-24-6-8-29(9-7-24)32-20-18-30(23-39-32)27-12-10-25(11-13-27)26-14-16-28(17-15-26)31-19-21-33(38-22-4-2)35(37)34(31)36/h3,5,19,21,24-30,32H,4,6-18,20,22-23H2,1-2H3. The van der Waals surface area contributed by atoms with Gasteiger partial charge >= 0.3 is 0 Å². The van der Waals surface area contributed by atoms with E-state index >= 15 is 0 Å². The van der Waals surface area contributed by atoms with E-state index in [9.17, 15) is 8.78 Å². The summed E-state index contributed by atoms with van der Waals surface area (Å²) in [5.41, 5.74) is 0.556. The van der Waals surface area contributed by atoms with E-state index in [0.29, 0.717) is 18.3 Å². The molecule has 4 fully saturated rings. The predicted molar refractivity (Wildman–Crippen MR) is 155 cm³/mol. The van der Waals surface area contributed by atoms with Gasteiger partial charge in [-0.1, -0.05) is 25.1 Å². The average Bonchev–Trinajstić information content (AvgIpc) is 2.99. The molecule has 2 nitrogen and oxygen atoms in total. The molecular weight excluding hydrogens is 490 g/mol. The Morgan fingerprint density at radius 1 is 0.744 bits per heavy atom. The molecule has 0 N–H and O–H groups in total. The second-order valence-electron chi connectivity index (χ2n) is 13.3. The lowest BCUT2D eigenvalue weighted by Crippen LogP contribution is -2.37. The Morgan fingerprint density at radius 2 is 1.33 bits per heavy atom. The molecule has 4 aliphatic rings. The molecule has 2 unspecified atom stereocenters. The molecule has 1 heterocycles. The van der Waals surface area contributed by atoms with Crippen molar-refractivity contribution in [3.63, 3.8) is 0 Å². The van der Waals surface area contributed by atoms with Crippen molar-refractivity contribution in [1.29, 1.82) is 0 Å². The maximum Gasteiger partial charge on any atom is 0.200 e. The van der Waals surface area contributed by atoms with Crippen molar-refractivity contribution in [1.82, 2.24) is 0 Å². The molecule has 0 aromatic heterocycles. The maximum atomic E-state index is 14.9. The fourth-order valence-corrected chi connectivity index (χ4v) is 8.69. The molecule has 1 aliphatic heterocycles. The molecule has 4 heteroatoms. The van der Waals surface area contributed by atoms with Crippen LogP contribution < -0.4 is 4.74 Å². The number of benzene rings is 1. The maximum absolute atomic E-state index is 14.9. The lowest BCUT2D eigenvalue weighted by atomic mass is 9.66. The van der Waals surface area contributed by atoms with Crippen LogP contribution in [0.2, 0.25) is 0 Å². The Morgan fingerprint density at radius 3 is 1.92 bits per heavy atom. The highest BCUT2D eigenvalue weighted by Crippen LogP contribution is 2.47. The van der Waals surface area contributed by atoms with Crippen molar-refractivity contribution in [2.75, 3.05) is 13.2 Å². The number of rotatable bonds is 8. The Bertz CT molecular complexity index is 913. The summed E-state index contributed by atoms with van der Waals surface area (Å²) in [6, 6.07) is 3.40. The SMILES string of the molecule is CC=CC1CCC(C2CCC(C3CCC(C4CCC(c5ccc(OCCC)c(F)c5F)CC4)CC3)CO2)CC1. The second-order valence-corrected chi connectivity index (χ2v) is 13.3. The fourth-order valence-electron chi connectivity index (χ4n) is 8.69. The summed E-state index contributed by atoms with van der Waals surface area (Å²) in [6.45, 7) is 5.51. The average molecular weight is 543 g/mol. The highest BCUT2D eigenvalue weighted by molar-refractivity contribution is 5.33. The number of halogens is 2. The molecule has 1 saturated heterocycles. The Labute approximate surface area is 236 Å². The summed E-state index contributed by atoms with van der Waals surface area (Å²) >= 11 is 0. The second kappa shape index (κ2) is 14.0. The molecule has 0 bridgehead atoms. The Hall–Kier alpha value is -1.42. The molecule has 5 rings (SSSR count). The zero-order valence-electron chi connectivity index (χ0n) is 24.5. The van der Waals surface area contributed by atoms with E-state index in [0.717, 1.165) is 74.2 Å². The quantitative estimate of drug-likeness (QED) is 0.304. The highest BCUT2D eigenvalue weighted by Gasteiger charge is 2.37. The lowest BCUT2D eigenvalue weighted by molar-refractivity contribution is -0.0738. The highest BCUT2D eigenvalue weighted by atomic mass is 19.2. The first kappa shape index (κ1) is 29.1. The molecule has 39 heavy (non-hydrogen) atoms. The summed E-state index contributed by atoms with van der Waals surface area (Å²) in [4.78, 5) is 0. The molecule has 3 aliphatic carbocycles. The Kier molecular flexibility index (Phi) is 10.4. The van der Waals surface area contributed by atoms with Gasteiger partial charge in [0.1, 0.15) is 0 Å². The molecule has 0 amide bonds. The van der Waals surface area contributed by atoms with Gasteiger partial charge in [-0.2, -0.15) is 4.39 Å². The molecule has 0 spiro atoms. The van der Waals surface area contributed by atoms with Crippen molar-refractivity contribution in [2.45, 2.75) is 122 Å². The zero-order valence-corrected chi connectivity index (χ0v) is 24.5. The van der Waals surface area contributed by atoms with E-state index in [2.05, 4.69) is 19.1 Å². The van der Waals surface area contributed by atoms with Gasteiger partial charge in [-0.15, -0.1) is 0 Å². The van der Waals surface area contributed by atoms with E-state index in [1.54, 1.807) is 12.1 Å². The largest absolute Gasteiger partial charge is 0.490 e. The summed E-state index contributed by atoms with van der Waals surface area (Å²) in [7, 11) is 0. The van der Waals surface area contributed by atoms with Crippen molar-refractivity contribution >= 4 is 0 Å². The normalized spacial score (nSPS) is 36.2. The fraction of sp³-hybridized carbons (Fsp3) is 0.771. The van der Waals surface area contributed by atoms with Crippen LogP contribution in [0.3, 0.4) is 0 Å². The van der Waals surface area contributed by atoms with E-state index < -0.39 is 11.6 Å². The third kappa shape index (κ3) is 7.08. The molecule has 0 radical (unpaired) electrons. The van der Waals surface area contributed by atoms with Gasteiger partial charge in [0.15, 0.2) is 11.6 Å². The van der Waals surface area contributed by atoms with Crippen LogP contribution in [-0.2, 0) is 4.74 Å². The predicted octanol–water partition coefficient (Wildman–Crippen LogP) is 10.0. The van der Waals surface area contributed by atoms with E-state index in [1.165, 1.54) is 64.2 Å². The van der Waals surface area contributed by atoms with Gasteiger partial charge in [-0.25, -0.2) is 4.39 Å². The van der Waals surface area contributed by atoms with E-state index in [4.69, 9.17) is 9.47 Å². The summed E-state index contributed by atoms with van der Waals surface area (Å²) in [6.07, 6.45) is 23.6. The minimum absolute atomic E-state index is 0.0506. The smallest absolute Gasteiger partial charge is 0.200 e. The van der Waals surface area contributed by atoms with Crippen molar-refractivity contribution in [2.24, 2.45) is 35.5 Å². The first-order valence-electron chi connectivity index (χ1n) is 16.4. The van der Waals surface area contributed by atoms with Crippen LogP contribution in [0.5, 0.6) is 5.75 Å². The van der Waals surface area contributed by atoms with E-state index in [1.807, 2.05) is 6.92 Å². The number of ether oxygens (including phenoxy) is 2. The molecule has 1 aromatic rings. The molecular formula is C35H52F2O2. The summed E-state index contributed by atoms with van der Waals surface area (Å²) in [5, 5.41) is 0. The number of allylic oxidation sites excluding steroid dienone is 2. The Balaban J connectivity index is 1.03. The number of hydrogen-bond acceptors (Lipinski definition) is 2. The van der Waals surface area contributed by atoms with Crippen LogP contribution in [0.15, 0.2) is 24.3 Å². The van der Waals surface area contributed by atoms with Crippen molar-refractivity contribution in [3.8, 4) is 5.75 Å². The van der Waals surface area contributed by atoms with Crippen molar-refractivity contribution in [3.05, 3.63) is 41.5 Å². The van der Waals surface area contributed by atoms with Gasteiger partial charge in [0.2, 0.25) is 5.82 Å². The molecule has 1 aromatic carbocycles. The molecule has 3 saturated carbocycles. The van der Waals surface area contributed by atoms with Gasteiger partial charge in [-0.05, 0) is 156 Å². The monoisotopic (exact) mass is 542 g/mol.